The van der Waals surface area contributed by atoms with Crippen molar-refractivity contribution >= 4 is 22.8 Å². The number of carbonyl (C=O) groups is 2. The Hall–Kier alpha value is -2.44. The van der Waals surface area contributed by atoms with Crippen LogP contribution < -0.4 is 10.6 Å². The molecule has 2 aromatic rings. The van der Waals surface area contributed by atoms with Gasteiger partial charge in [0.15, 0.2) is 5.65 Å². The molecule has 0 aliphatic carbocycles. The van der Waals surface area contributed by atoms with Crippen molar-refractivity contribution in [3.05, 3.63) is 23.5 Å². The van der Waals surface area contributed by atoms with E-state index in [9.17, 15) is 9.59 Å². The van der Waals surface area contributed by atoms with Crippen LogP contribution in [0.1, 0.15) is 56.2 Å². The molecule has 0 saturated carbocycles. The Labute approximate surface area is 148 Å². The lowest BCUT2D eigenvalue weighted by molar-refractivity contribution is -0.122. The molecule has 1 unspecified atom stereocenters. The van der Waals surface area contributed by atoms with Gasteiger partial charge in [0.25, 0.3) is 5.91 Å². The second-order valence-corrected chi connectivity index (χ2v) is 7.00. The number of pyridine rings is 1. The monoisotopic (exact) mass is 345 g/mol. The number of aromatic nitrogens is 3. The third kappa shape index (κ3) is 4.15. The predicted octanol–water partition coefficient (Wildman–Crippen LogP) is 2.21. The topological polar surface area (TPSA) is 88.9 Å². The summed E-state index contributed by atoms with van der Waals surface area (Å²) in [4.78, 5) is 29.4. The van der Waals surface area contributed by atoms with E-state index >= 15 is 0 Å². The van der Waals surface area contributed by atoms with Crippen LogP contribution in [0.2, 0.25) is 0 Å². The Balaban J connectivity index is 2.39. The first-order chi connectivity index (χ1) is 11.7. The van der Waals surface area contributed by atoms with Gasteiger partial charge in [0.1, 0.15) is 6.04 Å². The van der Waals surface area contributed by atoms with Crippen molar-refractivity contribution in [3.8, 4) is 0 Å². The van der Waals surface area contributed by atoms with Crippen LogP contribution in [0.5, 0.6) is 0 Å². The van der Waals surface area contributed by atoms with Gasteiger partial charge in [0, 0.05) is 18.8 Å². The molecule has 0 aromatic carbocycles. The van der Waals surface area contributed by atoms with E-state index in [1.54, 1.807) is 24.0 Å². The first-order valence-corrected chi connectivity index (χ1v) is 8.61. The number of likely N-dealkylation sites (N-methyl/N-ethyl adjacent to an activating group) is 1. The molecule has 1 atom stereocenters. The summed E-state index contributed by atoms with van der Waals surface area (Å²) in [6.07, 6.45) is 2.23. The van der Waals surface area contributed by atoms with Crippen LogP contribution in [-0.2, 0) is 4.79 Å². The highest BCUT2D eigenvalue weighted by atomic mass is 16.2. The number of amides is 2. The van der Waals surface area contributed by atoms with Crippen molar-refractivity contribution in [2.24, 2.45) is 5.92 Å². The average molecular weight is 345 g/mol. The normalized spacial score (nSPS) is 12.6. The number of hydrogen-bond donors (Lipinski definition) is 2. The van der Waals surface area contributed by atoms with Crippen molar-refractivity contribution in [2.45, 2.75) is 53.1 Å². The maximum absolute atomic E-state index is 12.8. The Morgan fingerprint density at radius 3 is 2.48 bits per heavy atom. The minimum absolute atomic E-state index is 0.141. The van der Waals surface area contributed by atoms with Crippen molar-refractivity contribution in [1.82, 2.24) is 25.4 Å². The van der Waals surface area contributed by atoms with Gasteiger partial charge in [0.2, 0.25) is 5.91 Å². The predicted molar refractivity (Wildman–Crippen MR) is 97.4 cm³/mol. The SMILES string of the molecule is CNC(=O)C(CC(C)C)NC(=O)c1cc(C)nc2c1cnn2C(C)C. The first-order valence-electron chi connectivity index (χ1n) is 8.61. The van der Waals surface area contributed by atoms with Gasteiger partial charge in [-0.2, -0.15) is 5.10 Å². The van der Waals surface area contributed by atoms with Crippen molar-refractivity contribution < 1.29 is 9.59 Å². The fourth-order valence-corrected chi connectivity index (χ4v) is 2.82. The molecule has 0 fully saturated rings. The summed E-state index contributed by atoms with van der Waals surface area (Å²) >= 11 is 0. The molecule has 25 heavy (non-hydrogen) atoms. The molecule has 2 amide bonds. The number of fused-ring (bicyclic) bond motifs is 1. The van der Waals surface area contributed by atoms with E-state index in [1.165, 1.54) is 0 Å². The average Bonchev–Trinajstić information content (AvgIpc) is 2.95. The van der Waals surface area contributed by atoms with Crippen molar-refractivity contribution in [3.63, 3.8) is 0 Å². The fourth-order valence-electron chi connectivity index (χ4n) is 2.82. The molecule has 0 aliphatic rings. The summed E-state index contributed by atoms with van der Waals surface area (Å²) in [5, 5.41) is 10.5. The maximum Gasteiger partial charge on any atom is 0.252 e. The molecule has 136 valence electrons. The third-order valence-electron chi connectivity index (χ3n) is 4.00. The lowest BCUT2D eigenvalue weighted by Crippen LogP contribution is -2.46. The highest BCUT2D eigenvalue weighted by Gasteiger charge is 2.24. The van der Waals surface area contributed by atoms with E-state index in [4.69, 9.17) is 0 Å². The van der Waals surface area contributed by atoms with Gasteiger partial charge in [-0.1, -0.05) is 13.8 Å². The summed E-state index contributed by atoms with van der Waals surface area (Å²) in [5.41, 5.74) is 1.91. The zero-order valence-electron chi connectivity index (χ0n) is 15.8. The highest BCUT2D eigenvalue weighted by molar-refractivity contribution is 6.06. The molecule has 0 radical (unpaired) electrons. The smallest absolute Gasteiger partial charge is 0.252 e. The lowest BCUT2D eigenvalue weighted by atomic mass is 10.0. The Bertz CT molecular complexity index is 779. The first kappa shape index (κ1) is 18.9. The van der Waals surface area contributed by atoms with Crippen LogP contribution in [0.25, 0.3) is 11.0 Å². The van der Waals surface area contributed by atoms with Crippen molar-refractivity contribution in [1.29, 1.82) is 0 Å². The number of nitrogens with one attached hydrogen (secondary N) is 2. The number of carbonyl (C=O) groups excluding carboxylic acids is 2. The van der Waals surface area contributed by atoms with Gasteiger partial charge in [0.05, 0.1) is 17.1 Å². The second-order valence-electron chi connectivity index (χ2n) is 7.00. The van der Waals surface area contributed by atoms with Crippen LogP contribution in [0, 0.1) is 12.8 Å². The molecular formula is C18H27N5O2. The van der Waals surface area contributed by atoms with E-state index in [0.29, 0.717) is 23.0 Å². The molecule has 7 nitrogen and oxygen atoms in total. The summed E-state index contributed by atoms with van der Waals surface area (Å²) in [5.74, 6) is -0.194. The lowest BCUT2D eigenvalue weighted by Gasteiger charge is -2.19. The van der Waals surface area contributed by atoms with E-state index < -0.39 is 6.04 Å². The maximum atomic E-state index is 12.8. The Morgan fingerprint density at radius 2 is 1.92 bits per heavy atom. The Kier molecular flexibility index (Phi) is 5.77. The molecule has 2 heterocycles. The zero-order valence-corrected chi connectivity index (χ0v) is 15.8. The van der Waals surface area contributed by atoms with Gasteiger partial charge < -0.3 is 10.6 Å². The number of aryl methyl sites for hydroxylation is 1. The molecule has 2 N–H and O–H groups in total. The van der Waals surface area contributed by atoms with Gasteiger partial charge in [-0.05, 0) is 39.2 Å². The van der Waals surface area contributed by atoms with Crippen LogP contribution in [0.15, 0.2) is 12.3 Å². The highest BCUT2D eigenvalue weighted by Crippen LogP contribution is 2.21. The summed E-state index contributed by atoms with van der Waals surface area (Å²) in [7, 11) is 1.57. The van der Waals surface area contributed by atoms with E-state index in [2.05, 4.69) is 20.7 Å². The standard InChI is InChI=1S/C18H27N5O2/c1-10(2)7-15(18(25)19-6)22-17(24)13-8-12(5)21-16-14(13)9-20-23(16)11(3)4/h8-11,15H,7H2,1-6H3,(H,19,25)(H,22,24). The fraction of sp³-hybridized carbons (Fsp3) is 0.556. The van der Waals surface area contributed by atoms with Gasteiger partial charge in [-0.3, -0.25) is 9.59 Å². The van der Waals surface area contributed by atoms with Gasteiger partial charge in [-0.25, -0.2) is 9.67 Å². The van der Waals surface area contributed by atoms with Crippen LogP contribution in [0.4, 0.5) is 0 Å². The molecule has 0 saturated heterocycles. The summed E-state index contributed by atoms with van der Waals surface area (Å²) < 4.78 is 1.80. The van der Waals surface area contributed by atoms with Crippen LogP contribution in [0.3, 0.4) is 0 Å². The molecular weight excluding hydrogens is 318 g/mol. The van der Waals surface area contributed by atoms with Gasteiger partial charge in [-0.15, -0.1) is 0 Å². The molecule has 0 spiro atoms. The number of hydrogen-bond acceptors (Lipinski definition) is 4. The summed E-state index contributed by atoms with van der Waals surface area (Å²) in [6.45, 7) is 9.91. The van der Waals surface area contributed by atoms with Crippen molar-refractivity contribution in [2.75, 3.05) is 7.05 Å². The minimum Gasteiger partial charge on any atom is -0.357 e. The van der Waals surface area contributed by atoms with E-state index in [-0.39, 0.29) is 23.8 Å². The Morgan fingerprint density at radius 1 is 1.24 bits per heavy atom. The third-order valence-corrected chi connectivity index (χ3v) is 4.00. The molecule has 0 bridgehead atoms. The van der Waals surface area contributed by atoms with E-state index in [0.717, 1.165) is 5.69 Å². The molecule has 2 aromatic heterocycles. The van der Waals surface area contributed by atoms with Crippen LogP contribution >= 0.6 is 0 Å². The second kappa shape index (κ2) is 7.63. The quantitative estimate of drug-likeness (QED) is 0.840. The summed E-state index contributed by atoms with van der Waals surface area (Å²) in [6, 6.07) is 1.31. The molecule has 0 aliphatic heterocycles. The van der Waals surface area contributed by atoms with E-state index in [1.807, 2.05) is 34.6 Å². The zero-order chi connectivity index (χ0) is 18.7. The number of rotatable bonds is 6. The van der Waals surface area contributed by atoms with Crippen LogP contribution in [-0.4, -0.2) is 39.7 Å². The largest absolute Gasteiger partial charge is 0.357 e. The molecule has 2 rings (SSSR count). The number of nitrogens with zero attached hydrogens (tertiary/aromatic N) is 3. The van der Waals surface area contributed by atoms with Gasteiger partial charge >= 0.3 is 0 Å². The minimum atomic E-state index is -0.568. The molecule has 7 heteroatoms.